The van der Waals surface area contributed by atoms with Crippen molar-refractivity contribution < 1.29 is 9.90 Å². The summed E-state index contributed by atoms with van der Waals surface area (Å²) in [5.74, 6) is 2.59. The highest BCUT2D eigenvalue weighted by atomic mass is 28.3. The van der Waals surface area contributed by atoms with Gasteiger partial charge in [-0.25, -0.2) is 0 Å². The average Bonchev–Trinajstić information content (AvgIpc) is 2.08. The Morgan fingerprint density at radius 1 is 1.47 bits per heavy atom. The Balaban J connectivity index is 2.82. The molecule has 0 unspecified atom stereocenters. The van der Waals surface area contributed by atoms with Gasteiger partial charge in [0.25, 0.3) is 5.91 Å². The van der Waals surface area contributed by atoms with Crippen LogP contribution >= 0.6 is 0 Å². The van der Waals surface area contributed by atoms with Crippen molar-refractivity contribution in [3.05, 3.63) is 0 Å². The summed E-state index contributed by atoms with van der Waals surface area (Å²) in [4.78, 5) is 11.3. The third-order valence-electron chi connectivity index (χ3n) is 2.55. The molecule has 0 aliphatic carbocycles. The Morgan fingerprint density at radius 3 is 2.33 bits per heavy atom. The summed E-state index contributed by atoms with van der Waals surface area (Å²) in [5.41, 5.74) is 1.88. The van der Waals surface area contributed by atoms with E-state index in [1.54, 1.807) is 0 Å². The molecule has 0 radical (unpaired) electrons. The van der Waals surface area contributed by atoms with Gasteiger partial charge in [-0.2, -0.15) is 0 Å². The van der Waals surface area contributed by atoms with Crippen LogP contribution < -0.4 is 5.32 Å². The summed E-state index contributed by atoms with van der Waals surface area (Å²) in [7, 11) is -1.45. The lowest BCUT2D eigenvalue weighted by molar-refractivity contribution is -0.163. The minimum atomic E-state index is -1.45. The van der Waals surface area contributed by atoms with E-state index in [0.717, 1.165) is 0 Å². The zero-order valence-corrected chi connectivity index (χ0v) is 11.0. The molecule has 0 aromatic rings. The van der Waals surface area contributed by atoms with Crippen molar-refractivity contribution in [3.8, 4) is 11.5 Å². The SMILES string of the molecule is CC(C)[C@]1(O)C(=O)N[C@H]1C#C[Si](C)(C)C. The van der Waals surface area contributed by atoms with Crippen molar-refractivity contribution in [2.75, 3.05) is 0 Å². The van der Waals surface area contributed by atoms with Crippen LogP contribution in [0, 0.1) is 17.4 Å². The maximum Gasteiger partial charge on any atom is 0.256 e. The van der Waals surface area contributed by atoms with Crippen LogP contribution in [0.3, 0.4) is 0 Å². The van der Waals surface area contributed by atoms with Gasteiger partial charge in [0.05, 0.1) is 0 Å². The number of hydrogen-bond acceptors (Lipinski definition) is 2. The fourth-order valence-corrected chi connectivity index (χ4v) is 2.02. The lowest BCUT2D eigenvalue weighted by atomic mass is 9.76. The molecule has 2 N–H and O–H groups in total. The minimum absolute atomic E-state index is 0.104. The van der Waals surface area contributed by atoms with Crippen LogP contribution in [0.2, 0.25) is 19.6 Å². The van der Waals surface area contributed by atoms with Crippen molar-refractivity contribution in [3.63, 3.8) is 0 Å². The molecule has 1 aliphatic rings. The van der Waals surface area contributed by atoms with Gasteiger partial charge in [0, 0.05) is 0 Å². The second kappa shape index (κ2) is 3.65. The van der Waals surface area contributed by atoms with E-state index >= 15 is 0 Å². The van der Waals surface area contributed by atoms with Gasteiger partial charge >= 0.3 is 0 Å². The predicted molar refractivity (Wildman–Crippen MR) is 62.8 cm³/mol. The van der Waals surface area contributed by atoms with E-state index < -0.39 is 19.7 Å². The topological polar surface area (TPSA) is 49.3 Å². The van der Waals surface area contributed by atoms with Crippen LogP contribution in [0.25, 0.3) is 0 Å². The summed E-state index contributed by atoms with van der Waals surface area (Å²) in [5, 5.41) is 12.8. The van der Waals surface area contributed by atoms with Crippen molar-refractivity contribution in [2.45, 2.75) is 45.1 Å². The molecule has 84 valence electrons. The molecule has 15 heavy (non-hydrogen) atoms. The molecule has 1 amide bonds. The van der Waals surface area contributed by atoms with Crippen LogP contribution in [0.4, 0.5) is 0 Å². The Kier molecular flexibility index (Phi) is 2.99. The van der Waals surface area contributed by atoms with Gasteiger partial charge in [0.2, 0.25) is 0 Å². The zero-order valence-electron chi connectivity index (χ0n) is 10.0. The fraction of sp³-hybridized carbons (Fsp3) is 0.727. The van der Waals surface area contributed by atoms with Gasteiger partial charge in [-0.3, -0.25) is 4.79 Å². The molecule has 0 aromatic carbocycles. The van der Waals surface area contributed by atoms with E-state index in [9.17, 15) is 9.90 Å². The van der Waals surface area contributed by atoms with Gasteiger partial charge in [-0.05, 0) is 5.92 Å². The van der Waals surface area contributed by atoms with E-state index in [1.165, 1.54) is 0 Å². The first-order chi connectivity index (χ1) is 6.68. The maximum atomic E-state index is 11.3. The molecule has 4 heteroatoms. The lowest BCUT2D eigenvalue weighted by Crippen LogP contribution is -2.74. The van der Waals surface area contributed by atoms with Crippen molar-refractivity contribution in [2.24, 2.45) is 5.92 Å². The molecular weight excluding hydrogens is 206 g/mol. The highest BCUT2D eigenvalue weighted by molar-refractivity contribution is 6.83. The second-order valence-electron chi connectivity index (χ2n) is 5.41. The molecule has 1 fully saturated rings. The molecule has 1 rings (SSSR count). The summed E-state index contributed by atoms with van der Waals surface area (Å²) in [6.07, 6.45) is 0. The Hall–Kier alpha value is -0.793. The number of nitrogens with one attached hydrogen (secondary N) is 1. The fourth-order valence-electron chi connectivity index (χ4n) is 1.44. The van der Waals surface area contributed by atoms with Crippen LogP contribution in [-0.4, -0.2) is 30.7 Å². The summed E-state index contributed by atoms with van der Waals surface area (Å²) >= 11 is 0. The van der Waals surface area contributed by atoms with Gasteiger partial charge in [0.1, 0.15) is 14.1 Å². The largest absolute Gasteiger partial charge is 0.377 e. The number of β-lactam (4-membered cyclic amide) rings is 1. The number of hydrogen-bond donors (Lipinski definition) is 2. The van der Waals surface area contributed by atoms with E-state index in [4.69, 9.17) is 0 Å². The van der Waals surface area contributed by atoms with Crippen molar-refractivity contribution in [1.82, 2.24) is 5.32 Å². The predicted octanol–water partition coefficient (Wildman–Crippen LogP) is 0.753. The summed E-state index contributed by atoms with van der Waals surface area (Å²) < 4.78 is 0. The standard InChI is InChI=1S/C11H19NO2Si/c1-8(2)11(14)9(12-10(11)13)6-7-15(3,4)5/h8-9,14H,1-5H3,(H,12,13)/t9-,11+/m0/s1. The molecule has 1 saturated heterocycles. The van der Waals surface area contributed by atoms with Crippen LogP contribution in [-0.2, 0) is 4.79 Å². The first kappa shape index (κ1) is 12.3. The first-order valence-corrected chi connectivity index (χ1v) is 8.74. The molecule has 0 aromatic heterocycles. The van der Waals surface area contributed by atoms with Gasteiger partial charge in [-0.1, -0.05) is 39.4 Å². The third kappa shape index (κ3) is 2.24. The quantitative estimate of drug-likeness (QED) is 0.393. The Labute approximate surface area is 92.3 Å². The number of carbonyl (C=O) groups is 1. The monoisotopic (exact) mass is 225 g/mol. The van der Waals surface area contributed by atoms with Gasteiger partial charge < -0.3 is 10.4 Å². The normalized spacial score (nSPS) is 30.3. The molecule has 0 spiro atoms. The number of aliphatic hydroxyl groups is 1. The molecule has 2 atom stereocenters. The van der Waals surface area contributed by atoms with Gasteiger partial charge in [-0.15, -0.1) is 5.54 Å². The highest BCUT2D eigenvalue weighted by Crippen LogP contribution is 2.28. The summed E-state index contributed by atoms with van der Waals surface area (Å²) in [6.45, 7) is 10.1. The van der Waals surface area contributed by atoms with E-state index in [2.05, 4.69) is 36.4 Å². The molecular formula is C11H19NO2Si. The minimum Gasteiger partial charge on any atom is -0.377 e. The number of rotatable bonds is 1. The van der Waals surface area contributed by atoms with E-state index in [-0.39, 0.29) is 11.8 Å². The first-order valence-electron chi connectivity index (χ1n) is 5.24. The Bertz CT molecular complexity index is 335. The van der Waals surface area contributed by atoms with Crippen LogP contribution in [0.15, 0.2) is 0 Å². The smallest absolute Gasteiger partial charge is 0.256 e. The van der Waals surface area contributed by atoms with Crippen LogP contribution in [0.1, 0.15) is 13.8 Å². The van der Waals surface area contributed by atoms with E-state index in [0.29, 0.717) is 0 Å². The summed E-state index contributed by atoms with van der Waals surface area (Å²) in [6, 6.07) is -0.392. The molecule has 0 saturated carbocycles. The Morgan fingerprint density at radius 2 is 2.00 bits per heavy atom. The maximum absolute atomic E-state index is 11.3. The highest BCUT2D eigenvalue weighted by Gasteiger charge is 2.55. The number of carbonyl (C=O) groups excluding carboxylic acids is 1. The van der Waals surface area contributed by atoms with E-state index in [1.807, 2.05) is 13.8 Å². The lowest BCUT2D eigenvalue weighted by Gasteiger charge is -2.44. The molecule has 1 heterocycles. The molecule has 1 aliphatic heterocycles. The molecule has 0 bridgehead atoms. The second-order valence-corrected chi connectivity index (χ2v) is 10.2. The molecule has 3 nitrogen and oxygen atoms in total. The van der Waals surface area contributed by atoms with Gasteiger partial charge in [0.15, 0.2) is 5.60 Å². The third-order valence-corrected chi connectivity index (χ3v) is 3.45. The van der Waals surface area contributed by atoms with Crippen molar-refractivity contribution in [1.29, 1.82) is 0 Å². The van der Waals surface area contributed by atoms with Crippen LogP contribution in [0.5, 0.6) is 0 Å². The average molecular weight is 225 g/mol. The van der Waals surface area contributed by atoms with Crippen molar-refractivity contribution >= 4 is 14.0 Å². The number of amides is 1. The zero-order chi connectivity index (χ0) is 11.9.